The van der Waals surface area contributed by atoms with Crippen LogP contribution < -0.4 is 0 Å². The molecule has 2 aliphatic rings. The molecule has 126 valence electrons. The van der Waals surface area contributed by atoms with Crippen molar-refractivity contribution in [2.24, 2.45) is 0 Å². The van der Waals surface area contributed by atoms with Crippen LogP contribution in [0.1, 0.15) is 31.1 Å². The minimum absolute atomic E-state index is 0.484. The van der Waals surface area contributed by atoms with Crippen LogP contribution in [0.5, 0.6) is 0 Å². The maximum atomic E-state index is 11.2. The Hall–Kier alpha value is -1.76. The molecule has 2 aliphatic heterocycles. The molecule has 2 aromatic rings. The van der Waals surface area contributed by atoms with E-state index in [2.05, 4.69) is 0 Å². The predicted molar refractivity (Wildman–Crippen MR) is 85.5 cm³/mol. The largest absolute Gasteiger partial charge is 0.358 e. The topological polar surface area (TPSA) is 57.2 Å². The summed E-state index contributed by atoms with van der Waals surface area (Å²) in [5.41, 5.74) is 1.47. The second kappa shape index (κ2) is 5.65. The first-order valence-corrected chi connectivity index (χ1v) is 8.03. The second-order valence-electron chi connectivity index (χ2n) is 6.59. The molecule has 2 aromatic carbocycles. The lowest BCUT2D eigenvalue weighted by molar-refractivity contribution is -0.497. The number of hydrogen-bond acceptors (Lipinski definition) is 5. The molecule has 4 rings (SSSR count). The van der Waals surface area contributed by atoms with Crippen molar-refractivity contribution in [2.75, 3.05) is 0 Å². The van der Waals surface area contributed by atoms with Crippen LogP contribution in [0.3, 0.4) is 0 Å². The third kappa shape index (κ3) is 2.55. The average Bonchev–Trinajstić information content (AvgIpc) is 2.93. The van der Waals surface area contributed by atoms with E-state index < -0.39 is 29.9 Å². The smallest absolute Gasteiger partial charge is 0.254 e. The normalized spacial score (nSPS) is 34.7. The van der Waals surface area contributed by atoms with E-state index >= 15 is 0 Å². The monoisotopic (exact) mass is 328 g/mol. The maximum absolute atomic E-state index is 11.2. The van der Waals surface area contributed by atoms with Crippen LogP contribution in [0, 0.1) is 0 Å². The Kier molecular flexibility index (Phi) is 3.71. The molecule has 1 N–H and O–H groups in total. The third-order valence-electron chi connectivity index (χ3n) is 4.41. The Balaban J connectivity index is 1.73. The summed E-state index contributed by atoms with van der Waals surface area (Å²) in [6.45, 7) is 3.64. The van der Waals surface area contributed by atoms with Crippen LogP contribution in [-0.2, 0) is 25.0 Å². The van der Waals surface area contributed by atoms with Crippen LogP contribution in [0.4, 0.5) is 0 Å². The van der Waals surface area contributed by atoms with Gasteiger partial charge in [0.25, 0.3) is 5.79 Å². The fraction of sp³-hybridized carbons (Fsp3) is 0.368. The molecule has 2 saturated heterocycles. The molecule has 2 fully saturated rings. The molecule has 0 aromatic heterocycles. The zero-order valence-corrected chi connectivity index (χ0v) is 13.6. The second-order valence-corrected chi connectivity index (χ2v) is 6.59. The highest BCUT2D eigenvalue weighted by atomic mass is 17.2. The summed E-state index contributed by atoms with van der Waals surface area (Å²) in [5.74, 6) is -2.58. The summed E-state index contributed by atoms with van der Waals surface area (Å²) in [6.07, 6.45) is -1.70. The lowest BCUT2D eigenvalue weighted by Crippen LogP contribution is -2.54. The standard InChI is InChI=1S/C19H20O5/c1-18(2)21-16-15(13-9-5-3-6-10-13)23-24-19(20,17(16)22-18)14-11-7-4-8-12-14/h3-12,15-17,20H,1-2H3/t15-,16-,17-,19?/m0/s1. The van der Waals surface area contributed by atoms with E-state index in [-0.39, 0.29) is 0 Å². The van der Waals surface area contributed by atoms with Crippen LogP contribution >= 0.6 is 0 Å². The lowest BCUT2D eigenvalue weighted by atomic mass is 9.90. The van der Waals surface area contributed by atoms with Crippen LogP contribution in [0.2, 0.25) is 0 Å². The van der Waals surface area contributed by atoms with Crippen molar-refractivity contribution < 1.29 is 24.4 Å². The van der Waals surface area contributed by atoms with Gasteiger partial charge in [0.15, 0.2) is 11.9 Å². The summed E-state index contributed by atoms with van der Waals surface area (Å²) >= 11 is 0. The fourth-order valence-electron chi connectivity index (χ4n) is 3.32. The molecular weight excluding hydrogens is 308 g/mol. The number of benzene rings is 2. The molecule has 0 amide bonds. The number of ether oxygens (including phenoxy) is 2. The van der Waals surface area contributed by atoms with Gasteiger partial charge in [-0.2, -0.15) is 4.89 Å². The molecular formula is C19H20O5. The number of rotatable bonds is 2. The average molecular weight is 328 g/mol. The van der Waals surface area contributed by atoms with Gasteiger partial charge in [-0.25, -0.2) is 4.89 Å². The molecule has 5 heteroatoms. The Labute approximate surface area is 140 Å². The van der Waals surface area contributed by atoms with Crippen molar-refractivity contribution in [1.82, 2.24) is 0 Å². The highest BCUT2D eigenvalue weighted by Crippen LogP contribution is 2.49. The minimum Gasteiger partial charge on any atom is -0.358 e. The zero-order valence-electron chi connectivity index (χ0n) is 13.6. The Morgan fingerprint density at radius 2 is 1.50 bits per heavy atom. The summed E-state index contributed by atoms with van der Waals surface area (Å²) in [4.78, 5) is 11.1. The van der Waals surface area contributed by atoms with Gasteiger partial charge in [0.2, 0.25) is 0 Å². The van der Waals surface area contributed by atoms with E-state index in [4.69, 9.17) is 19.2 Å². The molecule has 2 heterocycles. The quantitative estimate of drug-likeness (QED) is 0.859. The van der Waals surface area contributed by atoms with E-state index in [0.29, 0.717) is 5.56 Å². The van der Waals surface area contributed by atoms with Gasteiger partial charge in [-0.1, -0.05) is 60.7 Å². The molecule has 1 unspecified atom stereocenters. The molecule has 5 nitrogen and oxygen atoms in total. The van der Waals surface area contributed by atoms with Crippen molar-refractivity contribution in [3.8, 4) is 0 Å². The summed E-state index contributed by atoms with van der Waals surface area (Å²) in [6, 6.07) is 18.7. The molecule has 0 spiro atoms. The zero-order chi connectivity index (χ0) is 16.8. The number of fused-ring (bicyclic) bond motifs is 1. The van der Waals surface area contributed by atoms with Gasteiger partial charge in [-0.3, -0.25) is 0 Å². The predicted octanol–water partition coefficient (Wildman–Crippen LogP) is 3.05. The van der Waals surface area contributed by atoms with Crippen molar-refractivity contribution in [3.63, 3.8) is 0 Å². The Morgan fingerprint density at radius 1 is 0.875 bits per heavy atom. The molecule has 0 aliphatic carbocycles. The van der Waals surface area contributed by atoms with Crippen LogP contribution in [0.25, 0.3) is 0 Å². The van der Waals surface area contributed by atoms with E-state index in [1.54, 1.807) is 12.1 Å². The highest BCUT2D eigenvalue weighted by Gasteiger charge is 2.61. The maximum Gasteiger partial charge on any atom is 0.254 e. The summed E-state index contributed by atoms with van der Waals surface area (Å²) < 4.78 is 12.0. The molecule has 0 saturated carbocycles. The van der Waals surface area contributed by atoms with Crippen molar-refractivity contribution in [2.45, 2.75) is 43.7 Å². The Bertz CT molecular complexity index is 702. The first-order chi connectivity index (χ1) is 11.5. The van der Waals surface area contributed by atoms with E-state index in [1.165, 1.54) is 0 Å². The summed E-state index contributed by atoms with van der Waals surface area (Å²) in [5, 5.41) is 11.2. The van der Waals surface area contributed by atoms with Crippen molar-refractivity contribution >= 4 is 0 Å². The van der Waals surface area contributed by atoms with Gasteiger partial charge >= 0.3 is 0 Å². The van der Waals surface area contributed by atoms with Gasteiger partial charge in [-0.05, 0) is 19.4 Å². The van der Waals surface area contributed by atoms with Gasteiger partial charge in [-0.15, -0.1) is 0 Å². The van der Waals surface area contributed by atoms with Crippen LogP contribution in [-0.4, -0.2) is 23.1 Å². The SMILES string of the molecule is CC1(C)O[C@H]2[C@H](c3ccccc3)OOC(O)(c3ccccc3)[C@H]2O1. The lowest BCUT2D eigenvalue weighted by Gasteiger charge is -2.41. The molecule has 4 atom stereocenters. The van der Waals surface area contributed by atoms with E-state index in [0.717, 1.165) is 5.56 Å². The first-order valence-electron chi connectivity index (χ1n) is 8.03. The molecule has 0 radical (unpaired) electrons. The van der Waals surface area contributed by atoms with E-state index in [9.17, 15) is 5.11 Å². The van der Waals surface area contributed by atoms with Gasteiger partial charge < -0.3 is 14.6 Å². The van der Waals surface area contributed by atoms with Gasteiger partial charge in [0.05, 0.1) is 0 Å². The van der Waals surface area contributed by atoms with Crippen molar-refractivity contribution in [1.29, 1.82) is 0 Å². The van der Waals surface area contributed by atoms with E-state index in [1.807, 2.05) is 62.4 Å². The number of aliphatic hydroxyl groups is 1. The first kappa shape index (κ1) is 15.7. The van der Waals surface area contributed by atoms with Crippen LogP contribution in [0.15, 0.2) is 60.7 Å². The molecule has 0 bridgehead atoms. The Morgan fingerprint density at radius 3 is 2.17 bits per heavy atom. The summed E-state index contributed by atoms with van der Waals surface area (Å²) in [7, 11) is 0. The third-order valence-corrected chi connectivity index (χ3v) is 4.41. The minimum atomic E-state index is -1.73. The molecule has 24 heavy (non-hydrogen) atoms. The fourth-order valence-corrected chi connectivity index (χ4v) is 3.32. The number of hydrogen-bond donors (Lipinski definition) is 1. The highest BCUT2D eigenvalue weighted by molar-refractivity contribution is 5.26. The van der Waals surface area contributed by atoms with Gasteiger partial charge in [0, 0.05) is 5.56 Å². The van der Waals surface area contributed by atoms with Crippen molar-refractivity contribution in [3.05, 3.63) is 71.8 Å². The van der Waals surface area contributed by atoms with Gasteiger partial charge in [0.1, 0.15) is 12.2 Å².